The number of carboxylic acids is 1. The van der Waals surface area contributed by atoms with E-state index in [4.69, 9.17) is 0 Å². The van der Waals surface area contributed by atoms with Gasteiger partial charge in [-0.25, -0.2) is 0 Å². The molecule has 18 heavy (non-hydrogen) atoms. The molecule has 0 fully saturated rings. The number of rotatable bonds is 2. The van der Waals surface area contributed by atoms with Gasteiger partial charge in [0, 0.05) is 21.5 Å². The van der Waals surface area contributed by atoms with Gasteiger partial charge < -0.3 is 15.6 Å². The molecule has 0 amide bonds. The maximum absolute atomic E-state index is 10.2. The molecular weight excluding hydrogens is 343 g/mol. The molecule has 94 valence electrons. The van der Waals surface area contributed by atoms with Crippen molar-refractivity contribution in [3.8, 4) is 0 Å². The number of carbonyl (C=O) groups excluding carboxylic acids is 1. The molecule has 3 N–H and O–H groups in total. The van der Waals surface area contributed by atoms with Crippen LogP contribution in [0.15, 0.2) is 48.8 Å². The lowest BCUT2D eigenvalue weighted by atomic mass is 10.2. The summed E-state index contributed by atoms with van der Waals surface area (Å²) in [5.74, 6) is -1.13. The Balaban J connectivity index is 0.000000184. The van der Waals surface area contributed by atoms with Gasteiger partial charge in [-0.2, -0.15) is 0 Å². The van der Waals surface area contributed by atoms with Crippen LogP contribution in [0.3, 0.4) is 0 Å². The van der Waals surface area contributed by atoms with E-state index in [9.17, 15) is 9.90 Å². The maximum atomic E-state index is 10.2. The highest BCUT2D eigenvalue weighted by Crippen LogP contribution is 2.06. The number of nitrogens with zero attached hydrogens (tertiary/aromatic N) is 1. The van der Waals surface area contributed by atoms with E-state index in [2.05, 4.69) is 10.7 Å². The Morgan fingerprint density at radius 3 is 2.50 bits per heavy atom. The fourth-order valence-corrected chi connectivity index (χ4v) is 1.70. The fraction of sp³-hybridized carbons (Fsp3) is 0.0769. The topological polar surface area (TPSA) is 80.7 Å². The predicted octanol–water partition coefficient (Wildman–Crippen LogP) is 0.478. The first-order valence-electron chi connectivity index (χ1n) is 5.28. The van der Waals surface area contributed by atoms with Crippen LogP contribution in [0.4, 0.5) is 0 Å². The van der Waals surface area contributed by atoms with Crippen molar-refractivity contribution in [1.82, 2.24) is 4.98 Å². The van der Waals surface area contributed by atoms with Gasteiger partial charge in [-0.15, -0.1) is 0 Å². The molecule has 1 aromatic heterocycles. The summed E-state index contributed by atoms with van der Waals surface area (Å²) in [6.45, 7) is 0.827. The lowest BCUT2D eigenvalue weighted by molar-refractivity contribution is -0.386. The van der Waals surface area contributed by atoms with Crippen LogP contribution in [0, 0.1) is 3.57 Å². The molecule has 0 aliphatic carbocycles. The number of hydrogen-bond acceptors (Lipinski definition) is 3. The van der Waals surface area contributed by atoms with E-state index in [1.807, 2.05) is 47.0 Å². The van der Waals surface area contributed by atoms with Gasteiger partial charge in [-0.3, -0.25) is 4.98 Å². The van der Waals surface area contributed by atoms with Crippen molar-refractivity contribution in [2.24, 2.45) is 0 Å². The summed E-state index contributed by atoms with van der Waals surface area (Å²) >= 11 is 2.05. The van der Waals surface area contributed by atoms with E-state index in [0.29, 0.717) is 0 Å². The molecule has 0 aliphatic rings. The molecule has 0 spiro atoms. The molecule has 2 rings (SSSR count). The standard InChI is InChI=1S/C7H5IO2.C6H8N2/c8-6-3-1-2-5(4-6)7(9)10;7-4-6-2-1-3-8-5-6/h1-4H,(H,9,10);1-3,5H,4,7H2. The molecule has 0 unspecified atom stereocenters. The highest BCUT2D eigenvalue weighted by atomic mass is 127. The second-order valence-corrected chi connectivity index (χ2v) is 4.65. The zero-order valence-electron chi connectivity index (χ0n) is 9.67. The van der Waals surface area contributed by atoms with Gasteiger partial charge in [0.05, 0.1) is 5.97 Å². The van der Waals surface area contributed by atoms with Gasteiger partial charge in [0.2, 0.25) is 0 Å². The summed E-state index contributed by atoms with van der Waals surface area (Å²) in [6.07, 6.45) is 3.59. The van der Waals surface area contributed by atoms with Gasteiger partial charge >= 0.3 is 0 Å². The quantitative estimate of drug-likeness (QED) is 0.795. The van der Waals surface area contributed by atoms with E-state index in [1.165, 1.54) is 11.6 Å². The van der Waals surface area contributed by atoms with Crippen molar-refractivity contribution in [1.29, 1.82) is 0 Å². The first-order valence-corrected chi connectivity index (χ1v) is 6.36. The number of carbonyl (C=O) groups is 1. The number of aromatic nitrogens is 1. The van der Waals surface area contributed by atoms with Crippen molar-refractivity contribution in [2.75, 3.05) is 0 Å². The minimum Gasteiger partial charge on any atom is -0.545 e. The summed E-state index contributed by atoms with van der Waals surface area (Å²) in [5, 5.41) is 10.2. The number of halogens is 1. The molecule has 0 aliphatic heterocycles. The molecular formula is C13H13IN2O2. The lowest BCUT2D eigenvalue weighted by Crippen LogP contribution is -2.47. The summed E-state index contributed by atoms with van der Waals surface area (Å²) in [7, 11) is 0. The van der Waals surface area contributed by atoms with E-state index < -0.39 is 5.97 Å². The Kier molecular flexibility index (Phi) is 6.31. The number of pyridine rings is 1. The number of hydrogen-bond donors (Lipinski definition) is 1. The largest absolute Gasteiger partial charge is 0.545 e. The Morgan fingerprint density at radius 2 is 2.11 bits per heavy atom. The highest BCUT2D eigenvalue weighted by molar-refractivity contribution is 14.1. The fourth-order valence-electron chi connectivity index (χ4n) is 1.16. The van der Waals surface area contributed by atoms with Crippen molar-refractivity contribution in [3.63, 3.8) is 0 Å². The van der Waals surface area contributed by atoms with Gasteiger partial charge in [-0.05, 0) is 46.4 Å². The number of carboxylic acid groups (broad SMARTS) is 1. The Morgan fingerprint density at radius 1 is 1.33 bits per heavy atom. The van der Waals surface area contributed by atoms with E-state index in [-0.39, 0.29) is 5.56 Å². The summed E-state index contributed by atoms with van der Waals surface area (Å²) < 4.78 is 0.902. The molecule has 0 radical (unpaired) electrons. The van der Waals surface area contributed by atoms with Crippen LogP contribution in [-0.4, -0.2) is 11.0 Å². The number of aromatic carboxylic acids is 1. The van der Waals surface area contributed by atoms with E-state index >= 15 is 0 Å². The predicted molar refractivity (Wildman–Crippen MR) is 74.3 cm³/mol. The van der Waals surface area contributed by atoms with Crippen molar-refractivity contribution in [2.45, 2.75) is 6.54 Å². The first-order chi connectivity index (χ1) is 8.63. The van der Waals surface area contributed by atoms with Gasteiger partial charge in [0.1, 0.15) is 6.54 Å². The molecule has 0 saturated carbocycles. The first kappa shape index (κ1) is 14.6. The van der Waals surface area contributed by atoms with E-state index in [1.54, 1.807) is 18.3 Å². The minimum atomic E-state index is -1.13. The van der Waals surface area contributed by atoms with Gasteiger partial charge in [0.25, 0.3) is 0 Å². The Labute approximate surface area is 119 Å². The number of quaternary nitrogens is 1. The van der Waals surface area contributed by atoms with Crippen molar-refractivity contribution < 1.29 is 15.6 Å². The summed E-state index contributed by atoms with van der Waals surface area (Å²) in [5.41, 5.74) is 5.13. The number of benzene rings is 1. The Bertz CT molecular complexity index is 503. The summed E-state index contributed by atoms with van der Waals surface area (Å²) in [4.78, 5) is 14.2. The third-order valence-electron chi connectivity index (χ3n) is 2.07. The SMILES string of the molecule is O=C([O-])c1cccc(I)c1.[NH3+]Cc1cccnc1. The monoisotopic (exact) mass is 356 g/mol. The van der Waals surface area contributed by atoms with Crippen LogP contribution in [0.5, 0.6) is 0 Å². The van der Waals surface area contributed by atoms with E-state index in [0.717, 1.165) is 10.1 Å². The normalized spacial score (nSPS) is 9.22. The third kappa shape index (κ3) is 5.24. The zero-order chi connectivity index (χ0) is 13.4. The van der Waals surface area contributed by atoms with Crippen LogP contribution in [0.1, 0.15) is 15.9 Å². The van der Waals surface area contributed by atoms with Crippen LogP contribution in [0.2, 0.25) is 0 Å². The van der Waals surface area contributed by atoms with Crippen LogP contribution < -0.4 is 10.8 Å². The molecule has 4 nitrogen and oxygen atoms in total. The smallest absolute Gasteiger partial charge is 0.101 e. The molecule has 0 saturated heterocycles. The molecule has 2 aromatic rings. The molecule has 1 heterocycles. The average molecular weight is 356 g/mol. The van der Waals surface area contributed by atoms with Gasteiger partial charge in [-0.1, -0.05) is 18.2 Å². The molecule has 1 aromatic carbocycles. The molecule has 0 atom stereocenters. The minimum absolute atomic E-state index is 0.229. The van der Waals surface area contributed by atoms with Crippen LogP contribution >= 0.6 is 22.6 Å². The lowest BCUT2D eigenvalue weighted by Gasteiger charge is -2.00. The van der Waals surface area contributed by atoms with Crippen LogP contribution in [0.25, 0.3) is 0 Å². The third-order valence-corrected chi connectivity index (χ3v) is 2.74. The molecule has 0 bridgehead atoms. The molecule has 5 heteroatoms. The van der Waals surface area contributed by atoms with Crippen LogP contribution in [-0.2, 0) is 6.54 Å². The van der Waals surface area contributed by atoms with Crippen molar-refractivity contribution >= 4 is 28.6 Å². The zero-order valence-corrected chi connectivity index (χ0v) is 11.8. The second-order valence-electron chi connectivity index (χ2n) is 3.41. The summed E-state index contributed by atoms with van der Waals surface area (Å²) in [6, 6.07) is 10.5. The van der Waals surface area contributed by atoms with Crippen molar-refractivity contribution in [3.05, 3.63) is 63.5 Å². The Hall–Kier alpha value is -1.47. The van der Waals surface area contributed by atoms with Gasteiger partial charge in [0.15, 0.2) is 0 Å². The second kappa shape index (κ2) is 7.78. The average Bonchev–Trinajstić information content (AvgIpc) is 2.40. The highest BCUT2D eigenvalue weighted by Gasteiger charge is 1.91. The maximum Gasteiger partial charge on any atom is 0.101 e.